The molecule has 1 heterocycles. The molecule has 4 nitrogen and oxygen atoms in total. The van der Waals surface area contributed by atoms with Crippen molar-refractivity contribution in [2.75, 3.05) is 17.2 Å². The van der Waals surface area contributed by atoms with Gasteiger partial charge in [0.15, 0.2) is 6.61 Å². The Morgan fingerprint density at radius 3 is 2.95 bits per heavy atom. The van der Waals surface area contributed by atoms with Crippen LogP contribution in [-0.2, 0) is 11.3 Å². The molecule has 108 valence electrons. The smallest absolute Gasteiger partial charge is 0.262 e. The van der Waals surface area contributed by atoms with E-state index in [1.165, 1.54) is 6.07 Å². The van der Waals surface area contributed by atoms with Gasteiger partial charge in [0.05, 0.1) is 5.69 Å². The lowest BCUT2D eigenvalue weighted by Crippen LogP contribution is -2.25. The molecule has 0 aliphatic carbocycles. The van der Waals surface area contributed by atoms with E-state index in [9.17, 15) is 9.18 Å². The zero-order valence-corrected chi connectivity index (χ0v) is 11.6. The number of hydrogen-bond donors (Lipinski definition) is 2. The summed E-state index contributed by atoms with van der Waals surface area (Å²) in [6.45, 7) is 2.31. The van der Waals surface area contributed by atoms with Gasteiger partial charge in [0.2, 0.25) is 0 Å². The monoisotopic (exact) mass is 286 g/mol. The van der Waals surface area contributed by atoms with Gasteiger partial charge in [0, 0.05) is 12.2 Å². The van der Waals surface area contributed by atoms with Crippen LogP contribution in [0.1, 0.15) is 11.1 Å². The largest absolute Gasteiger partial charge is 0.482 e. The number of benzene rings is 2. The number of carbonyl (C=O) groups is 1. The number of ether oxygens (including phenoxy) is 1. The van der Waals surface area contributed by atoms with Crippen LogP contribution in [-0.4, -0.2) is 12.5 Å². The number of halogens is 1. The molecule has 1 aliphatic heterocycles. The minimum Gasteiger partial charge on any atom is -0.482 e. The van der Waals surface area contributed by atoms with E-state index in [1.54, 1.807) is 13.0 Å². The molecule has 0 radical (unpaired) electrons. The molecule has 0 saturated heterocycles. The summed E-state index contributed by atoms with van der Waals surface area (Å²) in [6.07, 6.45) is 0. The first kappa shape index (κ1) is 13.4. The van der Waals surface area contributed by atoms with Crippen LogP contribution in [0, 0.1) is 12.7 Å². The number of fused-ring (bicyclic) bond motifs is 1. The molecular weight excluding hydrogens is 271 g/mol. The highest BCUT2D eigenvalue weighted by Gasteiger charge is 2.15. The second kappa shape index (κ2) is 5.44. The summed E-state index contributed by atoms with van der Waals surface area (Å²) in [6, 6.07) is 10.6. The number of nitrogens with one attached hydrogen (secondary N) is 2. The third-order valence-corrected chi connectivity index (χ3v) is 3.35. The SMILES string of the molecule is Cc1ccc(NCc2ccc3c(c2)NC(=O)CO3)cc1F. The zero-order valence-electron chi connectivity index (χ0n) is 11.6. The molecule has 0 bridgehead atoms. The van der Waals surface area contributed by atoms with Gasteiger partial charge in [-0.15, -0.1) is 0 Å². The summed E-state index contributed by atoms with van der Waals surface area (Å²) in [7, 11) is 0. The highest BCUT2D eigenvalue weighted by atomic mass is 19.1. The van der Waals surface area contributed by atoms with Crippen LogP contribution in [0.4, 0.5) is 15.8 Å². The molecular formula is C16H15FN2O2. The van der Waals surface area contributed by atoms with Crippen molar-refractivity contribution in [3.8, 4) is 5.75 Å². The normalized spacial score (nSPS) is 13.1. The molecule has 0 atom stereocenters. The van der Waals surface area contributed by atoms with Crippen molar-refractivity contribution < 1.29 is 13.9 Å². The van der Waals surface area contributed by atoms with E-state index in [1.807, 2.05) is 24.3 Å². The fourth-order valence-electron chi connectivity index (χ4n) is 2.15. The maximum atomic E-state index is 13.5. The lowest BCUT2D eigenvalue weighted by atomic mass is 10.1. The van der Waals surface area contributed by atoms with E-state index in [0.29, 0.717) is 23.5 Å². The van der Waals surface area contributed by atoms with Gasteiger partial charge >= 0.3 is 0 Å². The first-order valence-corrected chi connectivity index (χ1v) is 6.67. The molecule has 0 unspecified atom stereocenters. The van der Waals surface area contributed by atoms with Gasteiger partial charge in [0.25, 0.3) is 5.91 Å². The number of rotatable bonds is 3. The fraction of sp³-hybridized carbons (Fsp3) is 0.188. The van der Waals surface area contributed by atoms with Crippen LogP contribution in [0.5, 0.6) is 5.75 Å². The summed E-state index contributed by atoms with van der Waals surface area (Å²) >= 11 is 0. The predicted molar refractivity (Wildman–Crippen MR) is 79.0 cm³/mol. The standard InChI is InChI=1S/C16H15FN2O2/c1-10-2-4-12(7-13(10)17)18-8-11-3-5-15-14(6-11)19-16(20)9-21-15/h2-7,18H,8-9H2,1H3,(H,19,20). The van der Waals surface area contributed by atoms with Crippen molar-refractivity contribution in [1.82, 2.24) is 0 Å². The first-order valence-electron chi connectivity index (χ1n) is 6.67. The van der Waals surface area contributed by atoms with Gasteiger partial charge in [-0.25, -0.2) is 4.39 Å². The number of carbonyl (C=O) groups excluding carboxylic acids is 1. The van der Waals surface area contributed by atoms with E-state index in [4.69, 9.17) is 4.74 Å². The maximum absolute atomic E-state index is 13.5. The Bertz CT molecular complexity index is 701. The highest BCUT2D eigenvalue weighted by molar-refractivity contribution is 5.95. The molecule has 5 heteroatoms. The number of anilines is 2. The van der Waals surface area contributed by atoms with Crippen molar-refractivity contribution in [2.24, 2.45) is 0 Å². The summed E-state index contributed by atoms with van der Waals surface area (Å²) in [5, 5.41) is 5.92. The van der Waals surface area contributed by atoms with E-state index >= 15 is 0 Å². The summed E-state index contributed by atoms with van der Waals surface area (Å²) < 4.78 is 18.8. The summed E-state index contributed by atoms with van der Waals surface area (Å²) in [5.41, 5.74) is 2.98. The Labute approximate surface area is 121 Å². The third kappa shape index (κ3) is 2.97. The molecule has 2 aromatic rings. The number of amides is 1. The molecule has 0 saturated carbocycles. The van der Waals surface area contributed by atoms with Gasteiger partial charge < -0.3 is 15.4 Å². The Morgan fingerprint density at radius 2 is 2.14 bits per heavy atom. The molecule has 2 N–H and O–H groups in total. The van der Waals surface area contributed by atoms with E-state index in [-0.39, 0.29) is 18.3 Å². The highest BCUT2D eigenvalue weighted by Crippen LogP contribution is 2.28. The molecule has 1 amide bonds. The van der Waals surface area contributed by atoms with Crippen LogP contribution < -0.4 is 15.4 Å². The zero-order chi connectivity index (χ0) is 14.8. The molecule has 0 spiro atoms. The number of aryl methyl sites for hydroxylation is 1. The minimum absolute atomic E-state index is 0.0488. The number of hydrogen-bond acceptors (Lipinski definition) is 3. The third-order valence-electron chi connectivity index (χ3n) is 3.35. The van der Waals surface area contributed by atoms with Crippen LogP contribution >= 0.6 is 0 Å². The van der Waals surface area contributed by atoms with Crippen molar-refractivity contribution in [2.45, 2.75) is 13.5 Å². The van der Waals surface area contributed by atoms with Gasteiger partial charge in [-0.2, -0.15) is 0 Å². The molecule has 0 aromatic heterocycles. The van der Waals surface area contributed by atoms with Crippen molar-refractivity contribution in [3.63, 3.8) is 0 Å². The second-order valence-electron chi connectivity index (χ2n) is 4.98. The molecule has 0 fully saturated rings. The molecule has 1 aliphatic rings. The quantitative estimate of drug-likeness (QED) is 0.911. The van der Waals surface area contributed by atoms with Crippen LogP contribution in [0.25, 0.3) is 0 Å². The van der Waals surface area contributed by atoms with Crippen molar-refractivity contribution in [1.29, 1.82) is 0 Å². The van der Waals surface area contributed by atoms with Gasteiger partial charge in [-0.05, 0) is 42.3 Å². The van der Waals surface area contributed by atoms with Gasteiger partial charge in [0.1, 0.15) is 11.6 Å². The van der Waals surface area contributed by atoms with E-state index in [0.717, 1.165) is 11.3 Å². The second-order valence-corrected chi connectivity index (χ2v) is 4.98. The Hall–Kier alpha value is -2.56. The molecule has 3 rings (SSSR count). The van der Waals surface area contributed by atoms with Gasteiger partial charge in [-0.3, -0.25) is 4.79 Å². The average Bonchev–Trinajstić information content (AvgIpc) is 2.48. The van der Waals surface area contributed by atoms with Crippen LogP contribution in [0.3, 0.4) is 0 Å². The fourth-order valence-corrected chi connectivity index (χ4v) is 2.15. The Balaban J connectivity index is 1.72. The van der Waals surface area contributed by atoms with Crippen LogP contribution in [0.15, 0.2) is 36.4 Å². The van der Waals surface area contributed by atoms with Crippen molar-refractivity contribution >= 4 is 17.3 Å². The van der Waals surface area contributed by atoms with Crippen molar-refractivity contribution in [3.05, 3.63) is 53.3 Å². The summed E-state index contributed by atoms with van der Waals surface area (Å²) in [5.74, 6) is 0.277. The van der Waals surface area contributed by atoms with E-state index in [2.05, 4.69) is 10.6 Å². The maximum Gasteiger partial charge on any atom is 0.262 e. The summed E-state index contributed by atoms with van der Waals surface area (Å²) in [4.78, 5) is 11.3. The average molecular weight is 286 g/mol. The lowest BCUT2D eigenvalue weighted by Gasteiger charge is -2.18. The van der Waals surface area contributed by atoms with Crippen LogP contribution in [0.2, 0.25) is 0 Å². The van der Waals surface area contributed by atoms with Gasteiger partial charge in [-0.1, -0.05) is 12.1 Å². The lowest BCUT2D eigenvalue weighted by molar-refractivity contribution is -0.118. The Morgan fingerprint density at radius 1 is 1.29 bits per heavy atom. The van der Waals surface area contributed by atoms with E-state index < -0.39 is 0 Å². The molecule has 2 aromatic carbocycles. The molecule has 21 heavy (non-hydrogen) atoms. The minimum atomic E-state index is -0.230. The predicted octanol–water partition coefficient (Wildman–Crippen LogP) is 3.08. The topological polar surface area (TPSA) is 50.4 Å². The Kier molecular flexibility index (Phi) is 3.48. The first-order chi connectivity index (χ1) is 10.1.